The Morgan fingerprint density at radius 2 is 1.87 bits per heavy atom. The number of thiazole rings is 1. The zero-order valence-electron chi connectivity index (χ0n) is 17.5. The first kappa shape index (κ1) is 21.1. The van der Waals surface area contributed by atoms with Gasteiger partial charge in [-0.3, -0.25) is 9.59 Å². The fourth-order valence-corrected chi connectivity index (χ4v) is 5.18. The van der Waals surface area contributed by atoms with Crippen LogP contribution in [0.5, 0.6) is 0 Å². The molecule has 0 saturated carbocycles. The number of rotatable bonds is 6. The second-order valence-electron chi connectivity index (χ2n) is 7.32. The molecule has 6 nitrogen and oxygen atoms in total. The Labute approximate surface area is 188 Å². The number of thiophene rings is 1. The number of benzene rings is 1. The number of carbonyl (C=O) groups excluding carboxylic acids is 1. The molecule has 0 bridgehead atoms. The molecule has 1 N–H and O–H groups in total. The number of hydrogen-bond donors (Lipinski definition) is 1. The van der Waals surface area contributed by atoms with Crippen LogP contribution in [0.15, 0.2) is 52.6 Å². The number of nitrogens with one attached hydrogen (secondary N) is 1. The monoisotopic (exact) mass is 450 g/mol. The largest absolute Gasteiger partial charge is 0.350 e. The van der Waals surface area contributed by atoms with Crippen LogP contribution in [0.3, 0.4) is 0 Å². The number of aryl methyl sites for hydroxylation is 3. The Morgan fingerprint density at radius 3 is 2.58 bits per heavy atom. The lowest BCUT2D eigenvalue weighted by atomic mass is 10.1. The van der Waals surface area contributed by atoms with Gasteiger partial charge in [-0.1, -0.05) is 23.3 Å². The molecule has 0 aliphatic heterocycles. The van der Waals surface area contributed by atoms with Gasteiger partial charge in [0.1, 0.15) is 10.7 Å². The Balaban J connectivity index is 1.49. The highest BCUT2D eigenvalue weighted by molar-refractivity contribution is 7.23. The maximum atomic E-state index is 12.4. The van der Waals surface area contributed by atoms with Gasteiger partial charge in [0.05, 0.1) is 22.0 Å². The lowest BCUT2D eigenvalue weighted by Gasteiger charge is -2.09. The van der Waals surface area contributed by atoms with Crippen LogP contribution in [0.4, 0.5) is 0 Å². The Kier molecular flexibility index (Phi) is 6.11. The number of amides is 1. The molecule has 158 valence electrons. The maximum Gasteiger partial charge on any atom is 0.266 e. The minimum absolute atomic E-state index is 0.158. The van der Waals surface area contributed by atoms with Gasteiger partial charge in [0.2, 0.25) is 0 Å². The van der Waals surface area contributed by atoms with E-state index in [9.17, 15) is 9.59 Å². The smallest absolute Gasteiger partial charge is 0.266 e. The molecule has 0 aliphatic rings. The highest BCUT2D eigenvalue weighted by atomic mass is 32.1. The molecule has 3 aromatic heterocycles. The summed E-state index contributed by atoms with van der Waals surface area (Å²) < 4.78 is 1.39. The van der Waals surface area contributed by atoms with Crippen molar-refractivity contribution in [1.29, 1.82) is 0 Å². The van der Waals surface area contributed by atoms with Gasteiger partial charge in [0, 0.05) is 18.2 Å². The predicted molar refractivity (Wildman–Crippen MR) is 126 cm³/mol. The third-order valence-electron chi connectivity index (χ3n) is 4.72. The van der Waals surface area contributed by atoms with Gasteiger partial charge >= 0.3 is 0 Å². The average Bonchev–Trinajstić information content (AvgIpc) is 3.38. The number of aromatic nitrogens is 3. The molecule has 0 spiro atoms. The Bertz CT molecular complexity index is 1270. The normalized spacial score (nSPS) is 10.9. The van der Waals surface area contributed by atoms with Crippen molar-refractivity contribution in [2.75, 3.05) is 6.54 Å². The number of hydrogen-bond acceptors (Lipinski definition) is 6. The lowest BCUT2D eigenvalue weighted by Crippen LogP contribution is -2.32. The van der Waals surface area contributed by atoms with Gasteiger partial charge in [0.15, 0.2) is 0 Å². The molecule has 4 rings (SSSR count). The first-order chi connectivity index (χ1) is 14.9. The standard InChI is InChI=1S/C23H22N4O2S2/c1-14-11-15(2)13-17(12-14)22(29)24-8-9-27-20(28)7-6-18(26-27)21-16(3)25-23(31-21)19-5-4-10-30-19/h4-7,10-13H,8-9H2,1-3H3,(H,24,29). The van der Waals surface area contributed by atoms with E-state index in [-0.39, 0.29) is 11.5 Å². The van der Waals surface area contributed by atoms with Crippen LogP contribution >= 0.6 is 22.7 Å². The van der Waals surface area contributed by atoms with Crippen LogP contribution in [-0.4, -0.2) is 27.2 Å². The molecule has 0 aliphatic carbocycles. The molecule has 0 unspecified atom stereocenters. The summed E-state index contributed by atoms with van der Waals surface area (Å²) >= 11 is 3.21. The van der Waals surface area contributed by atoms with Crippen molar-refractivity contribution in [3.8, 4) is 20.5 Å². The third kappa shape index (κ3) is 4.81. The second-order valence-corrected chi connectivity index (χ2v) is 9.27. The van der Waals surface area contributed by atoms with Gasteiger partial charge in [-0.15, -0.1) is 22.7 Å². The molecule has 0 radical (unpaired) electrons. The summed E-state index contributed by atoms with van der Waals surface area (Å²) in [6, 6.07) is 13.0. The van der Waals surface area contributed by atoms with Crippen molar-refractivity contribution in [2.45, 2.75) is 27.3 Å². The van der Waals surface area contributed by atoms with Gasteiger partial charge in [0.25, 0.3) is 11.5 Å². The first-order valence-electron chi connectivity index (χ1n) is 9.87. The zero-order chi connectivity index (χ0) is 22.0. The molecule has 1 aromatic carbocycles. The topological polar surface area (TPSA) is 76.9 Å². The van der Waals surface area contributed by atoms with Crippen molar-refractivity contribution < 1.29 is 4.79 Å². The third-order valence-corrected chi connectivity index (χ3v) is 6.94. The van der Waals surface area contributed by atoms with E-state index in [2.05, 4.69) is 15.4 Å². The average molecular weight is 451 g/mol. The minimum Gasteiger partial charge on any atom is -0.350 e. The molecule has 0 atom stereocenters. The minimum atomic E-state index is -0.204. The van der Waals surface area contributed by atoms with Crippen LogP contribution in [-0.2, 0) is 6.54 Å². The molecule has 3 heterocycles. The highest BCUT2D eigenvalue weighted by Crippen LogP contribution is 2.35. The van der Waals surface area contributed by atoms with Crippen molar-refractivity contribution in [1.82, 2.24) is 20.1 Å². The summed E-state index contributed by atoms with van der Waals surface area (Å²) in [4.78, 5) is 31.5. The Morgan fingerprint density at radius 1 is 1.10 bits per heavy atom. The van der Waals surface area contributed by atoms with Gasteiger partial charge in [-0.25, -0.2) is 9.67 Å². The van der Waals surface area contributed by atoms with Crippen LogP contribution in [0.25, 0.3) is 20.5 Å². The van der Waals surface area contributed by atoms with E-state index in [0.29, 0.717) is 24.3 Å². The summed E-state index contributed by atoms with van der Waals surface area (Å²) in [5.74, 6) is -0.158. The highest BCUT2D eigenvalue weighted by Gasteiger charge is 2.14. The number of nitrogens with zero attached hydrogens (tertiary/aromatic N) is 3. The van der Waals surface area contributed by atoms with E-state index in [1.165, 1.54) is 10.7 Å². The van der Waals surface area contributed by atoms with Crippen LogP contribution in [0.2, 0.25) is 0 Å². The van der Waals surface area contributed by atoms with Crippen LogP contribution in [0, 0.1) is 20.8 Å². The van der Waals surface area contributed by atoms with Crippen molar-refractivity contribution in [3.05, 3.63) is 80.6 Å². The summed E-state index contributed by atoms with van der Waals surface area (Å²) in [6.07, 6.45) is 0. The molecule has 8 heteroatoms. The van der Waals surface area contributed by atoms with Gasteiger partial charge in [-0.2, -0.15) is 5.10 Å². The summed E-state index contributed by atoms with van der Waals surface area (Å²) in [6.45, 7) is 6.47. The van der Waals surface area contributed by atoms with E-state index in [1.54, 1.807) is 28.7 Å². The SMILES string of the molecule is Cc1cc(C)cc(C(=O)NCCn2nc(-c3sc(-c4cccs4)nc3C)ccc2=O)c1. The van der Waals surface area contributed by atoms with Crippen molar-refractivity contribution in [2.24, 2.45) is 0 Å². The molecular weight excluding hydrogens is 428 g/mol. The molecule has 1 amide bonds. The quantitative estimate of drug-likeness (QED) is 0.471. The summed E-state index contributed by atoms with van der Waals surface area (Å²) in [5.41, 5.74) is 4.08. The molecule has 4 aromatic rings. The van der Waals surface area contributed by atoms with Crippen LogP contribution < -0.4 is 10.9 Å². The Hall–Kier alpha value is -3.10. The molecule has 31 heavy (non-hydrogen) atoms. The fraction of sp³-hybridized carbons (Fsp3) is 0.217. The molecular formula is C23H22N4O2S2. The first-order valence-corrected chi connectivity index (χ1v) is 11.6. The van der Waals surface area contributed by atoms with Gasteiger partial charge in [-0.05, 0) is 50.4 Å². The summed E-state index contributed by atoms with van der Waals surface area (Å²) in [5, 5.41) is 10.4. The predicted octanol–water partition coefficient (Wildman–Crippen LogP) is 4.45. The van der Waals surface area contributed by atoms with Crippen molar-refractivity contribution >= 4 is 28.6 Å². The zero-order valence-corrected chi connectivity index (χ0v) is 19.1. The maximum absolute atomic E-state index is 12.4. The second kappa shape index (κ2) is 8.95. The molecule has 0 saturated heterocycles. The van der Waals surface area contributed by atoms with E-state index in [1.807, 2.05) is 56.5 Å². The summed E-state index contributed by atoms with van der Waals surface area (Å²) in [7, 11) is 0. The van der Waals surface area contributed by atoms with Gasteiger partial charge < -0.3 is 5.32 Å². The van der Waals surface area contributed by atoms with E-state index in [0.717, 1.165) is 31.6 Å². The van der Waals surface area contributed by atoms with Crippen molar-refractivity contribution in [3.63, 3.8) is 0 Å². The lowest BCUT2D eigenvalue weighted by molar-refractivity contribution is 0.0951. The number of carbonyl (C=O) groups is 1. The van der Waals surface area contributed by atoms with E-state index < -0.39 is 0 Å². The molecule has 0 fully saturated rings. The fourth-order valence-electron chi connectivity index (χ4n) is 3.35. The van der Waals surface area contributed by atoms with E-state index >= 15 is 0 Å². The van der Waals surface area contributed by atoms with E-state index in [4.69, 9.17) is 0 Å². The van der Waals surface area contributed by atoms with Crippen LogP contribution in [0.1, 0.15) is 27.2 Å².